The monoisotopic (exact) mass is 249 g/mol. The van der Waals surface area contributed by atoms with E-state index in [1.54, 1.807) is 0 Å². The fourth-order valence-corrected chi connectivity index (χ4v) is 2.16. The van der Waals surface area contributed by atoms with E-state index in [0.29, 0.717) is 5.02 Å². The van der Waals surface area contributed by atoms with Crippen molar-refractivity contribution in [1.29, 1.82) is 0 Å². The lowest BCUT2D eigenvalue weighted by atomic mass is 10.2. The molecule has 1 saturated heterocycles. The van der Waals surface area contributed by atoms with E-state index in [2.05, 4.69) is 20.7 Å². The highest BCUT2D eigenvalue weighted by Crippen LogP contribution is 2.19. The summed E-state index contributed by atoms with van der Waals surface area (Å²) in [5, 5.41) is 16.5. The van der Waals surface area contributed by atoms with Gasteiger partial charge in [0, 0.05) is 5.02 Å². The van der Waals surface area contributed by atoms with E-state index >= 15 is 0 Å². The number of halogens is 1. The topological polar surface area (TPSA) is 55.6 Å². The minimum Gasteiger partial charge on any atom is -0.307 e. The van der Waals surface area contributed by atoms with Gasteiger partial charge in [-0.3, -0.25) is 0 Å². The molecule has 0 spiro atoms. The summed E-state index contributed by atoms with van der Waals surface area (Å²) < 4.78 is 0. The smallest absolute Gasteiger partial charge is 0.192 e. The van der Waals surface area contributed by atoms with Crippen molar-refractivity contribution >= 4 is 11.6 Å². The second-order valence-electron chi connectivity index (χ2n) is 4.07. The Labute approximate surface area is 104 Å². The minimum atomic E-state index is 0.239. The third-order valence-electron chi connectivity index (χ3n) is 2.84. The Kier molecular flexibility index (Phi) is 2.78. The fraction of sp³-hybridized carbons (Fsp3) is 0.364. The molecule has 1 atom stereocenters. The number of hydrogen-bond donors (Lipinski definition) is 1. The predicted molar refractivity (Wildman–Crippen MR) is 64.1 cm³/mol. The summed E-state index contributed by atoms with van der Waals surface area (Å²) in [5.74, 6) is 0.752. The Balaban J connectivity index is 1.89. The van der Waals surface area contributed by atoms with Crippen LogP contribution in [0.4, 0.5) is 0 Å². The molecule has 1 fully saturated rings. The lowest BCUT2D eigenvalue weighted by Crippen LogP contribution is -2.14. The summed E-state index contributed by atoms with van der Waals surface area (Å²) in [5.41, 5.74) is 0.828. The average molecular weight is 250 g/mol. The van der Waals surface area contributed by atoms with E-state index < -0.39 is 0 Å². The first-order chi connectivity index (χ1) is 8.33. The molecule has 6 heteroatoms. The van der Waals surface area contributed by atoms with Crippen molar-refractivity contribution in [3.63, 3.8) is 0 Å². The highest BCUT2D eigenvalue weighted by molar-refractivity contribution is 6.30. The van der Waals surface area contributed by atoms with E-state index in [1.165, 1.54) is 4.80 Å². The molecule has 2 aromatic rings. The van der Waals surface area contributed by atoms with Gasteiger partial charge in [0.15, 0.2) is 5.82 Å². The number of rotatable bonds is 2. The summed E-state index contributed by atoms with van der Waals surface area (Å²) in [6, 6.07) is 7.65. The largest absolute Gasteiger partial charge is 0.307 e. The van der Waals surface area contributed by atoms with Crippen LogP contribution in [0.3, 0.4) is 0 Å². The molecular weight excluding hydrogens is 238 g/mol. The van der Waals surface area contributed by atoms with Crippen molar-refractivity contribution in [2.45, 2.75) is 18.9 Å². The molecule has 88 valence electrons. The van der Waals surface area contributed by atoms with Crippen LogP contribution in [0.2, 0.25) is 5.02 Å². The Hall–Kier alpha value is -1.46. The fourth-order valence-electron chi connectivity index (χ4n) is 1.98. The molecule has 1 aromatic carbocycles. The molecule has 1 aromatic heterocycles. The third-order valence-corrected chi connectivity index (χ3v) is 3.08. The van der Waals surface area contributed by atoms with Gasteiger partial charge in [-0.05, 0) is 42.8 Å². The normalized spacial score (nSPS) is 19.7. The first-order valence-corrected chi connectivity index (χ1v) is 6.00. The number of nitrogens with one attached hydrogen (secondary N) is 1. The zero-order valence-electron chi connectivity index (χ0n) is 9.17. The van der Waals surface area contributed by atoms with Gasteiger partial charge >= 0.3 is 0 Å². The Bertz CT molecular complexity index is 518. The number of tetrazole rings is 1. The Morgan fingerprint density at radius 1 is 1.41 bits per heavy atom. The van der Waals surface area contributed by atoms with E-state index in [9.17, 15) is 0 Å². The molecule has 2 heterocycles. The lowest BCUT2D eigenvalue weighted by molar-refractivity contribution is 0.602. The number of aromatic nitrogens is 4. The minimum absolute atomic E-state index is 0.239. The molecule has 3 rings (SSSR count). The van der Waals surface area contributed by atoms with Gasteiger partial charge in [-0.1, -0.05) is 17.7 Å². The molecule has 1 aliphatic heterocycles. The first kappa shape index (κ1) is 10.7. The van der Waals surface area contributed by atoms with Crippen molar-refractivity contribution in [1.82, 2.24) is 25.5 Å². The van der Waals surface area contributed by atoms with E-state index in [-0.39, 0.29) is 6.04 Å². The second kappa shape index (κ2) is 4.43. The van der Waals surface area contributed by atoms with Gasteiger partial charge < -0.3 is 5.32 Å². The van der Waals surface area contributed by atoms with Gasteiger partial charge in [-0.15, -0.1) is 15.0 Å². The number of hydrogen-bond acceptors (Lipinski definition) is 4. The summed E-state index contributed by atoms with van der Waals surface area (Å²) in [6.07, 6.45) is 2.23. The molecule has 5 nitrogen and oxygen atoms in total. The van der Waals surface area contributed by atoms with Crippen LogP contribution >= 0.6 is 11.6 Å². The zero-order chi connectivity index (χ0) is 11.7. The maximum Gasteiger partial charge on any atom is 0.192 e. The van der Waals surface area contributed by atoms with Crippen molar-refractivity contribution in [2.24, 2.45) is 0 Å². The van der Waals surface area contributed by atoms with Crippen molar-refractivity contribution in [3.8, 4) is 5.69 Å². The van der Waals surface area contributed by atoms with E-state index in [0.717, 1.165) is 30.9 Å². The molecule has 1 unspecified atom stereocenters. The Morgan fingerprint density at radius 3 is 3.12 bits per heavy atom. The lowest BCUT2D eigenvalue weighted by Gasteiger charge is -2.02. The van der Waals surface area contributed by atoms with Gasteiger partial charge in [0.2, 0.25) is 0 Å². The van der Waals surface area contributed by atoms with Gasteiger partial charge in [0.25, 0.3) is 0 Å². The van der Waals surface area contributed by atoms with Crippen LogP contribution in [0.15, 0.2) is 24.3 Å². The maximum absolute atomic E-state index is 5.93. The number of benzene rings is 1. The summed E-state index contributed by atoms with van der Waals surface area (Å²) in [4.78, 5) is 1.52. The van der Waals surface area contributed by atoms with Crippen molar-refractivity contribution < 1.29 is 0 Å². The van der Waals surface area contributed by atoms with Crippen molar-refractivity contribution in [2.75, 3.05) is 6.54 Å². The zero-order valence-corrected chi connectivity index (χ0v) is 9.93. The molecule has 0 saturated carbocycles. The van der Waals surface area contributed by atoms with Crippen LogP contribution in [0.25, 0.3) is 5.69 Å². The molecule has 17 heavy (non-hydrogen) atoms. The Morgan fingerprint density at radius 2 is 2.35 bits per heavy atom. The standard InChI is InChI=1S/C11H12ClN5/c12-8-3-1-4-9(7-8)17-15-11(14-16-17)10-5-2-6-13-10/h1,3-4,7,10,13H,2,5-6H2. The first-order valence-electron chi connectivity index (χ1n) is 5.62. The van der Waals surface area contributed by atoms with Gasteiger partial charge in [0.05, 0.1) is 11.7 Å². The number of nitrogens with zero attached hydrogens (tertiary/aromatic N) is 4. The molecule has 0 amide bonds. The highest BCUT2D eigenvalue weighted by atomic mass is 35.5. The van der Waals surface area contributed by atoms with E-state index in [4.69, 9.17) is 11.6 Å². The van der Waals surface area contributed by atoms with Crippen LogP contribution < -0.4 is 5.32 Å². The molecule has 1 N–H and O–H groups in total. The van der Waals surface area contributed by atoms with Crippen LogP contribution in [-0.2, 0) is 0 Å². The summed E-state index contributed by atoms with van der Waals surface area (Å²) in [7, 11) is 0. The van der Waals surface area contributed by atoms with Crippen LogP contribution in [0, 0.1) is 0 Å². The summed E-state index contributed by atoms with van der Waals surface area (Å²) in [6.45, 7) is 1.02. The van der Waals surface area contributed by atoms with Crippen LogP contribution in [-0.4, -0.2) is 26.8 Å². The second-order valence-corrected chi connectivity index (χ2v) is 4.50. The van der Waals surface area contributed by atoms with Crippen LogP contribution in [0.1, 0.15) is 24.7 Å². The molecule has 1 aliphatic rings. The maximum atomic E-state index is 5.93. The van der Waals surface area contributed by atoms with Crippen molar-refractivity contribution in [3.05, 3.63) is 35.1 Å². The molecule has 0 radical (unpaired) electrons. The van der Waals surface area contributed by atoms with Gasteiger partial charge in [-0.2, -0.15) is 0 Å². The average Bonchev–Trinajstić information content (AvgIpc) is 3.00. The van der Waals surface area contributed by atoms with E-state index in [1.807, 2.05) is 24.3 Å². The van der Waals surface area contributed by atoms with Gasteiger partial charge in [0.1, 0.15) is 0 Å². The predicted octanol–water partition coefficient (Wildman–Crippen LogP) is 1.74. The SMILES string of the molecule is Clc1cccc(-n2nnc(C3CCCN3)n2)c1. The van der Waals surface area contributed by atoms with Gasteiger partial charge in [-0.25, -0.2) is 0 Å². The molecule has 0 aliphatic carbocycles. The quantitative estimate of drug-likeness (QED) is 0.881. The highest BCUT2D eigenvalue weighted by Gasteiger charge is 2.21. The molecule has 0 bridgehead atoms. The third kappa shape index (κ3) is 2.16. The molecular formula is C11H12ClN5. The van der Waals surface area contributed by atoms with Crippen LogP contribution in [0.5, 0.6) is 0 Å². The summed E-state index contributed by atoms with van der Waals surface area (Å²) >= 11 is 5.93.